The Bertz CT molecular complexity index is 645. The molecule has 0 radical (unpaired) electrons. The van der Waals surface area contributed by atoms with Crippen LogP contribution in [0.5, 0.6) is 0 Å². The fourth-order valence-corrected chi connectivity index (χ4v) is 3.58. The third-order valence-electron chi connectivity index (χ3n) is 4.92. The Kier molecular flexibility index (Phi) is 7.82. The summed E-state index contributed by atoms with van der Waals surface area (Å²) in [5.74, 6) is -0.544. The molecule has 0 saturated carbocycles. The van der Waals surface area contributed by atoms with Crippen LogP contribution in [0.15, 0.2) is 30.3 Å². The quantitative estimate of drug-likeness (QED) is 0.693. The topological polar surface area (TPSA) is 92.5 Å². The molecule has 1 fully saturated rings. The summed E-state index contributed by atoms with van der Waals surface area (Å²) in [5, 5.41) is 2.89. The number of nitrogens with zero attached hydrogens (tertiary/aromatic N) is 1. The van der Waals surface area contributed by atoms with Gasteiger partial charge in [-0.3, -0.25) is 14.4 Å². The Hall–Kier alpha value is -2.37. The number of rotatable bonds is 9. The van der Waals surface area contributed by atoms with Crippen LogP contribution in [0, 0.1) is 5.92 Å². The average molecular weight is 373 g/mol. The number of aryl methyl sites for hydroxylation is 1. The fourth-order valence-electron chi connectivity index (χ4n) is 3.58. The van der Waals surface area contributed by atoms with Gasteiger partial charge in [0.1, 0.15) is 12.1 Å². The van der Waals surface area contributed by atoms with Gasteiger partial charge < -0.3 is 16.0 Å². The first-order valence-electron chi connectivity index (χ1n) is 9.81. The summed E-state index contributed by atoms with van der Waals surface area (Å²) >= 11 is 0. The monoisotopic (exact) mass is 373 g/mol. The predicted octanol–water partition coefficient (Wildman–Crippen LogP) is 2.02. The van der Waals surface area contributed by atoms with Crippen LogP contribution in [0.1, 0.15) is 51.5 Å². The molecule has 0 aliphatic carbocycles. The molecular weight excluding hydrogens is 342 g/mol. The van der Waals surface area contributed by atoms with Gasteiger partial charge in [0, 0.05) is 13.0 Å². The molecule has 2 atom stereocenters. The number of hydrogen-bond acceptors (Lipinski definition) is 3. The van der Waals surface area contributed by atoms with Crippen molar-refractivity contribution in [1.29, 1.82) is 0 Å². The third kappa shape index (κ3) is 6.38. The van der Waals surface area contributed by atoms with Crippen LogP contribution in [0.4, 0.5) is 0 Å². The van der Waals surface area contributed by atoms with Crippen LogP contribution in [-0.4, -0.2) is 41.2 Å². The molecule has 0 spiro atoms. The van der Waals surface area contributed by atoms with E-state index >= 15 is 0 Å². The van der Waals surface area contributed by atoms with Crippen LogP contribution < -0.4 is 11.1 Å². The van der Waals surface area contributed by atoms with Crippen molar-refractivity contribution in [2.75, 3.05) is 6.54 Å². The van der Waals surface area contributed by atoms with Crippen LogP contribution in [0.25, 0.3) is 0 Å². The predicted molar refractivity (Wildman–Crippen MR) is 105 cm³/mol. The molecule has 148 valence electrons. The summed E-state index contributed by atoms with van der Waals surface area (Å²) in [7, 11) is 0. The standard InChI is InChI=1S/C21H31N3O3/c1-15(2)14-17(21(27)24-13-7-11-18(24)20(22)26)23-19(25)12-6-10-16-8-4-3-5-9-16/h3-5,8-9,15,17-18H,6-7,10-14H2,1-2H3,(H2,22,26)(H,23,25)/t17?,18-/m0/s1. The molecule has 1 aliphatic rings. The number of nitrogens with two attached hydrogens (primary N) is 1. The first kappa shape index (κ1) is 20.9. The van der Waals surface area contributed by atoms with Crippen LogP contribution in [0.2, 0.25) is 0 Å². The van der Waals surface area contributed by atoms with E-state index in [0.29, 0.717) is 25.8 Å². The van der Waals surface area contributed by atoms with Gasteiger partial charge in [-0.1, -0.05) is 44.2 Å². The maximum atomic E-state index is 12.9. The molecule has 3 N–H and O–H groups in total. The minimum Gasteiger partial charge on any atom is -0.368 e. The first-order chi connectivity index (χ1) is 12.9. The maximum Gasteiger partial charge on any atom is 0.245 e. The van der Waals surface area contributed by atoms with Gasteiger partial charge in [0.2, 0.25) is 17.7 Å². The normalized spacial score (nSPS) is 17.7. The van der Waals surface area contributed by atoms with E-state index in [1.807, 2.05) is 44.2 Å². The molecule has 6 nitrogen and oxygen atoms in total. The van der Waals surface area contributed by atoms with E-state index in [1.54, 1.807) is 4.90 Å². The molecule has 1 unspecified atom stereocenters. The summed E-state index contributed by atoms with van der Waals surface area (Å²) in [5.41, 5.74) is 6.63. The highest BCUT2D eigenvalue weighted by molar-refractivity contribution is 5.92. The van der Waals surface area contributed by atoms with Gasteiger partial charge in [-0.2, -0.15) is 0 Å². The number of hydrogen-bond donors (Lipinski definition) is 2. The van der Waals surface area contributed by atoms with Crippen LogP contribution >= 0.6 is 0 Å². The zero-order chi connectivity index (χ0) is 19.8. The number of likely N-dealkylation sites (tertiary alicyclic amines) is 1. The molecular formula is C21H31N3O3. The number of benzene rings is 1. The lowest BCUT2D eigenvalue weighted by molar-refractivity contribution is -0.141. The summed E-state index contributed by atoms with van der Waals surface area (Å²) in [6, 6.07) is 8.86. The van der Waals surface area contributed by atoms with E-state index in [1.165, 1.54) is 5.56 Å². The molecule has 6 heteroatoms. The molecule has 2 rings (SSSR count). The van der Waals surface area contributed by atoms with Crippen molar-refractivity contribution in [3.63, 3.8) is 0 Å². The van der Waals surface area contributed by atoms with Crippen molar-refractivity contribution in [2.45, 2.75) is 64.5 Å². The van der Waals surface area contributed by atoms with E-state index in [0.717, 1.165) is 19.3 Å². The van der Waals surface area contributed by atoms with Crippen molar-refractivity contribution in [3.05, 3.63) is 35.9 Å². The SMILES string of the molecule is CC(C)CC(NC(=O)CCCc1ccccc1)C(=O)N1CCC[C@H]1C(N)=O. The first-order valence-corrected chi connectivity index (χ1v) is 9.81. The Morgan fingerprint density at radius 3 is 2.56 bits per heavy atom. The lowest BCUT2D eigenvalue weighted by Gasteiger charge is -2.28. The van der Waals surface area contributed by atoms with Gasteiger partial charge in [0.25, 0.3) is 0 Å². The molecule has 3 amide bonds. The maximum absolute atomic E-state index is 12.9. The molecule has 0 bridgehead atoms. The van der Waals surface area contributed by atoms with Crippen molar-refractivity contribution in [3.8, 4) is 0 Å². The molecule has 27 heavy (non-hydrogen) atoms. The Morgan fingerprint density at radius 1 is 1.22 bits per heavy atom. The molecule has 1 aliphatic heterocycles. The number of carbonyl (C=O) groups excluding carboxylic acids is 3. The molecule has 0 aromatic heterocycles. The van der Waals surface area contributed by atoms with Gasteiger partial charge in [-0.25, -0.2) is 0 Å². The summed E-state index contributed by atoms with van der Waals surface area (Å²) in [4.78, 5) is 38.5. The molecule has 1 saturated heterocycles. The minimum absolute atomic E-state index is 0.125. The van der Waals surface area contributed by atoms with Gasteiger partial charge in [0.15, 0.2) is 0 Å². The van der Waals surface area contributed by atoms with E-state index in [9.17, 15) is 14.4 Å². The smallest absolute Gasteiger partial charge is 0.245 e. The van der Waals surface area contributed by atoms with Gasteiger partial charge in [0.05, 0.1) is 0 Å². The second-order valence-electron chi connectivity index (χ2n) is 7.68. The highest BCUT2D eigenvalue weighted by Crippen LogP contribution is 2.20. The average Bonchev–Trinajstić information content (AvgIpc) is 3.11. The minimum atomic E-state index is -0.603. The third-order valence-corrected chi connectivity index (χ3v) is 4.92. The van der Waals surface area contributed by atoms with E-state index in [-0.39, 0.29) is 17.7 Å². The summed E-state index contributed by atoms with van der Waals surface area (Å²) in [6.07, 6.45) is 3.83. The van der Waals surface area contributed by atoms with Crippen molar-refractivity contribution in [1.82, 2.24) is 10.2 Å². The van der Waals surface area contributed by atoms with Crippen molar-refractivity contribution >= 4 is 17.7 Å². The van der Waals surface area contributed by atoms with Crippen LogP contribution in [0.3, 0.4) is 0 Å². The highest BCUT2D eigenvalue weighted by Gasteiger charge is 2.36. The van der Waals surface area contributed by atoms with Gasteiger partial charge in [-0.05, 0) is 43.6 Å². The van der Waals surface area contributed by atoms with E-state index in [4.69, 9.17) is 5.73 Å². The van der Waals surface area contributed by atoms with Crippen LogP contribution in [-0.2, 0) is 20.8 Å². The Labute approximate surface area is 161 Å². The number of amides is 3. The second-order valence-corrected chi connectivity index (χ2v) is 7.68. The van der Waals surface area contributed by atoms with E-state index in [2.05, 4.69) is 5.32 Å². The number of primary amides is 1. The van der Waals surface area contributed by atoms with Crippen molar-refractivity contribution in [2.24, 2.45) is 11.7 Å². The Morgan fingerprint density at radius 2 is 1.93 bits per heavy atom. The molecule has 1 aromatic carbocycles. The Balaban J connectivity index is 1.91. The highest BCUT2D eigenvalue weighted by atomic mass is 16.2. The van der Waals surface area contributed by atoms with E-state index < -0.39 is 18.0 Å². The molecule has 1 aromatic rings. The summed E-state index contributed by atoms with van der Waals surface area (Å²) < 4.78 is 0. The van der Waals surface area contributed by atoms with Gasteiger partial charge >= 0.3 is 0 Å². The number of nitrogens with one attached hydrogen (secondary N) is 1. The second kappa shape index (κ2) is 10.1. The van der Waals surface area contributed by atoms with Crippen molar-refractivity contribution < 1.29 is 14.4 Å². The zero-order valence-corrected chi connectivity index (χ0v) is 16.3. The molecule has 1 heterocycles. The lowest BCUT2D eigenvalue weighted by atomic mass is 10.0. The summed E-state index contributed by atoms with van der Waals surface area (Å²) in [6.45, 7) is 4.54. The van der Waals surface area contributed by atoms with Gasteiger partial charge in [-0.15, -0.1) is 0 Å². The zero-order valence-electron chi connectivity index (χ0n) is 16.3. The fraction of sp³-hybridized carbons (Fsp3) is 0.571. The largest absolute Gasteiger partial charge is 0.368 e. The lowest BCUT2D eigenvalue weighted by Crippen LogP contribution is -2.53. The number of carbonyl (C=O) groups is 3.